The summed E-state index contributed by atoms with van der Waals surface area (Å²) in [5.41, 5.74) is 0.240. The number of alkyl halides is 2. The van der Waals surface area contributed by atoms with Gasteiger partial charge in [-0.05, 0) is 37.5 Å². The third-order valence-electron chi connectivity index (χ3n) is 4.63. The predicted octanol–water partition coefficient (Wildman–Crippen LogP) is 3.51. The van der Waals surface area contributed by atoms with Gasteiger partial charge in [0.1, 0.15) is 5.75 Å². The molecule has 1 N–H and O–H groups in total. The van der Waals surface area contributed by atoms with E-state index in [2.05, 4.69) is 10.1 Å². The van der Waals surface area contributed by atoms with Gasteiger partial charge in [0.25, 0.3) is 5.91 Å². The van der Waals surface area contributed by atoms with E-state index in [0.29, 0.717) is 12.2 Å². The van der Waals surface area contributed by atoms with E-state index in [1.165, 1.54) is 37.5 Å². The predicted molar refractivity (Wildman–Crippen MR) is 80.7 cm³/mol. The summed E-state index contributed by atoms with van der Waals surface area (Å²) < 4.78 is 34.8. The van der Waals surface area contributed by atoms with Crippen LogP contribution in [0.3, 0.4) is 0 Å². The molecule has 1 aliphatic carbocycles. The van der Waals surface area contributed by atoms with E-state index in [1.807, 2.05) is 0 Å². The van der Waals surface area contributed by atoms with E-state index in [0.717, 1.165) is 19.3 Å². The number of hydrogen-bond acceptors (Lipinski definition) is 3. The van der Waals surface area contributed by atoms with Gasteiger partial charge in [-0.3, -0.25) is 4.79 Å². The minimum absolute atomic E-state index is 0.0147. The Morgan fingerprint density at radius 3 is 2.83 bits per heavy atom. The molecule has 1 aromatic rings. The first kappa shape index (κ1) is 16.2. The van der Waals surface area contributed by atoms with Gasteiger partial charge < -0.3 is 14.8 Å². The van der Waals surface area contributed by atoms with Crippen LogP contribution in [0, 0.1) is 0 Å². The van der Waals surface area contributed by atoms with E-state index in [-0.39, 0.29) is 23.3 Å². The zero-order chi connectivity index (χ0) is 16.3. The average Bonchev–Trinajstić information content (AvgIpc) is 2.90. The number of benzene rings is 1. The van der Waals surface area contributed by atoms with Crippen molar-refractivity contribution in [3.05, 3.63) is 29.8 Å². The van der Waals surface area contributed by atoms with Crippen molar-refractivity contribution in [1.29, 1.82) is 0 Å². The van der Waals surface area contributed by atoms with Gasteiger partial charge in [-0.1, -0.05) is 25.3 Å². The van der Waals surface area contributed by atoms with Crippen LogP contribution in [0.25, 0.3) is 0 Å². The number of halogens is 2. The molecule has 23 heavy (non-hydrogen) atoms. The zero-order valence-electron chi connectivity index (χ0n) is 12.9. The Kier molecular flexibility index (Phi) is 4.80. The summed E-state index contributed by atoms with van der Waals surface area (Å²) in [5.74, 6) is -0.301. The van der Waals surface area contributed by atoms with Gasteiger partial charge in [0.15, 0.2) is 0 Å². The summed E-state index contributed by atoms with van der Waals surface area (Å²) in [6, 6.07) is 5.81. The zero-order valence-corrected chi connectivity index (χ0v) is 12.9. The molecule has 0 aromatic heterocycles. The van der Waals surface area contributed by atoms with Crippen LogP contribution in [0.4, 0.5) is 8.78 Å². The minimum atomic E-state index is -2.90. The summed E-state index contributed by atoms with van der Waals surface area (Å²) in [4.78, 5) is 12.3. The van der Waals surface area contributed by atoms with E-state index >= 15 is 0 Å². The van der Waals surface area contributed by atoms with E-state index < -0.39 is 6.61 Å². The fourth-order valence-corrected chi connectivity index (χ4v) is 3.56. The molecule has 0 radical (unpaired) electrons. The summed E-state index contributed by atoms with van der Waals surface area (Å²) in [6.07, 6.45) is 6.53. The lowest BCUT2D eigenvalue weighted by Gasteiger charge is -2.32. The van der Waals surface area contributed by atoms with Crippen LogP contribution in [0.1, 0.15) is 48.9 Å². The second-order valence-electron chi connectivity index (χ2n) is 6.34. The van der Waals surface area contributed by atoms with E-state index in [9.17, 15) is 13.6 Å². The molecular weight excluding hydrogens is 304 g/mol. The molecule has 1 saturated carbocycles. The van der Waals surface area contributed by atoms with Gasteiger partial charge in [0.2, 0.25) is 0 Å². The molecule has 2 aliphatic rings. The van der Waals surface area contributed by atoms with Crippen LogP contribution in [-0.2, 0) is 4.74 Å². The molecule has 0 unspecified atom stereocenters. The highest BCUT2D eigenvalue weighted by Crippen LogP contribution is 2.39. The van der Waals surface area contributed by atoms with Gasteiger partial charge in [0, 0.05) is 5.56 Å². The lowest BCUT2D eigenvalue weighted by Crippen LogP contribution is -2.37. The monoisotopic (exact) mass is 325 g/mol. The molecule has 0 bridgehead atoms. The second-order valence-corrected chi connectivity index (χ2v) is 6.34. The van der Waals surface area contributed by atoms with Crippen molar-refractivity contribution in [2.24, 2.45) is 0 Å². The van der Waals surface area contributed by atoms with Crippen molar-refractivity contribution < 1.29 is 23.0 Å². The van der Waals surface area contributed by atoms with Crippen molar-refractivity contribution in [2.75, 3.05) is 6.61 Å². The largest absolute Gasteiger partial charge is 0.435 e. The highest BCUT2D eigenvalue weighted by Gasteiger charge is 2.41. The van der Waals surface area contributed by atoms with Crippen molar-refractivity contribution in [2.45, 2.75) is 56.8 Å². The van der Waals surface area contributed by atoms with Crippen LogP contribution in [0.5, 0.6) is 5.75 Å². The normalized spacial score (nSPS) is 23.2. The van der Waals surface area contributed by atoms with Crippen LogP contribution in [-0.4, -0.2) is 30.8 Å². The Morgan fingerprint density at radius 2 is 2.09 bits per heavy atom. The summed E-state index contributed by atoms with van der Waals surface area (Å²) in [6.45, 7) is -2.39. The third kappa shape index (κ3) is 3.99. The quantitative estimate of drug-likeness (QED) is 0.921. The van der Waals surface area contributed by atoms with Crippen LogP contribution >= 0.6 is 0 Å². The van der Waals surface area contributed by atoms with Gasteiger partial charge in [0.05, 0.1) is 18.2 Å². The first-order valence-electron chi connectivity index (χ1n) is 8.06. The topological polar surface area (TPSA) is 47.6 Å². The number of amides is 1. The van der Waals surface area contributed by atoms with Gasteiger partial charge in [-0.25, -0.2) is 0 Å². The SMILES string of the molecule is O=C(N[C@H]1COC2(CCCCC2)C1)c1cccc(OC(F)F)c1. The molecule has 1 aromatic carbocycles. The maximum Gasteiger partial charge on any atom is 0.387 e. The Morgan fingerprint density at radius 1 is 1.30 bits per heavy atom. The second kappa shape index (κ2) is 6.83. The number of nitrogens with one attached hydrogen (secondary N) is 1. The molecule has 2 fully saturated rings. The molecule has 1 atom stereocenters. The maximum atomic E-state index is 12.3. The number of carbonyl (C=O) groups is 1. The Bertz CT molecular complexity index is 559. The van der Waals surface area contributed by atoms with Crippen molar-refractivity contribution in [3.8, 4) is 5.75 Å². The van der Waals surface area contributed by atoms with E-state index in [1.54, 1.807) is 6.07 Å². The lowest BCUT2D eigenvalue weighted by molar-refractivity contribution is -0.0498. The average molecular weight is 325 g/mol. The summed E-state index contributed by atoms with van der Waals surface area (Å²) >= 11 is 0. The Hall–Kier alpha value is -1.69. The van der Waals surface area contributed by atoms with E-state index in [4.69, 9.17) is 4.74 Å². The third-order valence-corrected chi connectivity index (χ3v) is 4.63. The molecule has 4 nitrogen and oxygen atoms in total. The number of ether oxygens (including phenoxy) is 2. The Balaban J connectivity index is 1.59. The number of carbonyl (C=O) groups excluding carboxylic acids is 1. The van der Waals surface area contributed by atoms with Gasteiger partial charge >= 0.3 is 6.61 Å². The van der Waals surface area contributed by atoms with Gasteiger partial charge in [-0.15, -0.1) is 0 Å². The first-order valence-corrected chi connectivity index (χ1v) is 8.06. The number of hydrogen-bond donors (Lipinski definition) is 1. The fraction of sp³-hybridized carbons (Fsp3) is 0.588. The molecule has 1 amide bonds. The first-order chi connectivity index (χ1) is 11.1. The molecule has 126 valence electrons. The van der Waals surface area contributed by atoms with Crippen LogP contribution < -0.4 is 10.1 Å². The molecule has 1 aliphatic heterocycles. The fourth-order valence-electron chi connectivity index (χ4n) is 3.56. The smallest absolute Gasteiger partial charge is 0.387 e. The molecule has 6 heteroatoms. The molecule has 1 heterocycles. The molecular formula is C17H21F2NO3. The van der Waals surface area contributed by atoms with Crippen molar-refractivity contribution >= 4 is 5.91 Å². The standard InChI is InChI=1S/C17H21F2NO3/c18-16(19)23-14-6-4-5-12(9-14)15(21)20-13-10-17(22-11-13)7-2-1-3-8-17/h4-6,9,13,16H,1-3,7-8,10-11H2,(H,20,21)/t13-/m1/s1. The van der Waals surface area contributed by atoms with Crippen LogP contribution in [0.2, 0.25) is 0 Å². The van der Waals surface area contributed by atoms with Gasteiger partial charge in [-0.2, -0.15) is 8.78 Å². The minimum Gasteiger partial charge on any atom is -0.435 e. The Labute approximate surface area is 134 Å². The highest BCUT2D eigenvalue weighted by molar-refractivity contribution is 5.94. The van der Waals surface area contributed by atoms with Crippen molar-refractivity contribution in [3.63, 3.8) is 0 Å². The van der Waals surface area contributed by atoms with Crippen molar-refractivity contribution in [1.82, 2.24) is 5.32 Å². The van der Waals surface area contributed by atoms with Crippen LogP contribution in [0.15, 0.2) is 24.3 Å². The maximum absolute atomic E-state index is 12.3. The number of rotatable bonds is 4. The summed E-state index contributed by atoms with van der Waals surface area (Å²) in [7, 11) is 0. The molecule has 1 spiro atoms. The summed E-state index contributed by atoms with van der Waals surface area (Å²) in [5, 5.41) is 2.94. The molecule has 1 saturated heterocycles. The highest BCUT2D eigenvalue weighted by atomic mass is 19.3. The lowest BCUT2D eigenvalue weighted by atomic mass is 9.82. The molecule has 3 rings (SSSR count).